The van der Waals surface area contributed by atoms with Crippen LogP contribution in [0.4, 0.5) is 0 Å². The predicted octanol–water partition coefficient (Wildman–Crippen LogP) is 6.89. The highest BCUT2D eigenvalue weighted by atomic mass is 32.2. The molecule has 160 valence electrons. The van der Waals surface area contributed by atoms with Gasteiger partial charge in [-0.05, 0) is 71.4 Å². The van der Waals surface area contributed by atoms with E-state index in [2.05, 4.69) is 74.9 Å². The van der Waals surface area contributed by atoms with E-state index in [4.69, 9.17) is 4.74 Å². The Hall–Kier alpha value is -1.78. The molecule has 0 aliphatic heterocycles. The lowest BCUT2D eigenvalue weighted by Crippen LogP contribution is -2.03. The fraction of sp³-hybridized carbons (Fsp3) is 0.480. The molecule has 0 heterocycles. The molecule has 29 heavy (non-hydrogen) atoms. The number of carbonyl (C=O) groups excluding carboxylic acids is 1. The molecule has 0 amide bonds. The number of hydrogen-bond donors (Lipinski definition) is 0. The number of ether oxygens (including phenoxy) is 2. The van der Waals surface area contributed by atoms with Crippen LogP contribution in [0.1, 0.15) is 58.9 Å². The summed E-state index contributed by atoms with van der Waals surface area (Å²) in [4.78, 5) is 11.4. The predicted molar refractivity (Wildman–Crippen MR) is 124 cm³/mol. The summed E-state index contributed by atoms with van der Waals surface area (Å²) in [5.41, 5.74) is 5.59. The van der Waals surface area contributed by atoms with Crippen LogP contribution in [0.25, 0.3) is 0 Å². The third-order valence-corrected chi connectivity index (χ3v) is 5.54. The SMILES string of the molecule is CC(C)=CCC/C(C)=C/CC/C(C)=C/CSc1ccccc1CCOCOC=O. The van der Waals surface area contributed by atoms with Gasteiger partial charge in [-0.25, -0.2) is 0 Å². The molecule has 4 heteroatoms. The van der Waals surface area contributed by atoms with Crippen molar-refractivity contribution in [3.8, 4) is 0 Å². The van der Waals surface area contributed by atoms with Crippen LogP contribution >= 0.6 is 11.8 Å². The Kier molecular flexibility index (Phi) is 14.0. The summed E-state index contributed by atoms with van der Waals surface area (Å²) in [6.07, 6.45) is 12.4. The van der Waals surface area contributed by atoms with Crippen LogP contribution < -0.4 is 0 Å². The summed E-state index contributed by atoms with van der Waals surface area (Å²) in [6.45, 7) is 9.73. The molecule has 0 saturated carbocycles. The lowest BCUT2D eigenvalue weighted by Gasteiger charge is -2.09. The van der Waals surface area contributed by atoms with Gasteiger partial charge in [0.2, 0.25) is 0 Å². The van der Waals surface area contributed by atoms with Gasteiger partial charge < -0.3 is 9.47 Å². The van der Waals surface area contributed by atoms with Crippen molar-refractivity contribution >= 4 is 18.2 Å². The van der Waals surface area contributed by atoms with E-state index in [-0.39, 0.29) is 6.79 Å². The van der Waals surface area contributed by atoms with E-state index in [0.29, 0.717) is 13.1 Å². The largest absolute Gasteiger partial charge is 0.441 e. The maximum Gasteiger partial charge on any atom is 0.295 e. The summed E-state index contributed by atoms with van der Waals surface area (Å²) >= 11 is 1.86. The monoisotopic (exact) mass is 416 g/mol. The molecule has 0 saturated heterocycles. The van der Waals surface area contributed by atoms with Crippen molar-refractivity contribution in [3.05, 3.63) is 64.8 Å². The molecule has 0 fully saturated rings. The minimum atomic E-state index is 0.0175. The topological polar surface area (TPSA) is 35.5 Å². The standard InChI is InChI=1S/C25H36O3S/c1-21(2)9-7-10-22(3)11-8-12-23(4)16-18-29-25-14-6-5-13-24(25)15-17-27-20-28-19-26/h5-6,9,11,13-14,16,19H,7-8,10,12,15,17-18,20H2,1-4H3/b22-11+,23-16+. The molecule has 1 aromatic rings. The van der Waals surface area contributed by atoms with Crippen molar-refractivity contribution in [2.75, 3.05) is 19.2 Å². The van der Waals surface area contributed by atoms with E-state index in [1.807, 2.05) is 11.8 Å². The second-order valence-corrected chi connectivity index (χ2v) is 8.48. The van der Waals surface area contributed by atoms with Gasteiger partial charge in [-0.3, -0.25) is 4.79 Å². The maximum absolute atomic E-state index is 10.1. The van der Waals surface area contributed by atoms with Crippen molar-refractivity contribution in [2.45, 2.75) is 64.7 Å². The van der Waals surface area contributed by atoms with E-state index in [1.165, 1.54) is 27.2 Å². The molecule has 3 nitrogen and oxygen atoms in total. The van der Waals surface area contributed by atoms with E-state index < -0.39 is 0 Å². The zero-order valence-corrected chi connectivity index (χ0v) is 19.2. The van der Waals surface area contributed by atoms with Gasteiger partial charge >= 0.3 is 0 Å². The Bertz CT molecular complexity index is 685. The molecule has 0 radical (unpaired) electrons. The number of allylic oxidation sites excluding steroid dienone is 5. The van der Waals surface area contributed by atoms with Gasteiger partial charge in [0, 0.05) is 10.6 Å². The highest BCUT2D eigenvalue weighted by Gasteiger charge is 2.02. The van der Waals surface area contributed by atoms with Crippen LogP contribution in [0.15, 0.2) is 64.1 Å². The van der Waals surface area contributed by atoms with Crippen molar-refractivity contribution in [1.29, 1.82) is 0 Å². The first-order chi connectivity index (χ1) is 14.0. The minimum absolute atomic E-state index is 0.0175. The third kappa shape index (κ3) is 13.1. The van der Waals surface area contributed by atoms with Gasteiger partial charge in [0.1, 0.15) is 0 Å². The highest BCUT2D eigenvalue weighted by Crippen LogP contribution is 2.24. The molecule has 1 aromatic carbocycles. The maximum atomic E-state index is 10.1. The van der Waals surface area contributed by atoms with Gasteiger partial charge in [-0.15, -0.1) is 11.8 Å². The van der Waals surface area contributed by atoms with Crippen LogP contribution in [0.2, 0.25) is 0 Å². The van der Waals surface area contributed by atoms with Crippen LogP contribution in [0, 0.1) is 0 Å². The van der Waals surface area contributed by atoms with E-state index in [9.17, 15) is 4.79 Å². The second-order valence-electron chi connectivity index (χ2n) is 7.42. The first-order valence-electron chi connectivity index (χ1n) is 10.3. The number of thioether (sulfide) groups is 1. The first-order valence-corrected chi connectivity index (χ1v) is 11.3. The number of carbonyl (C=O) groups is 1. The lowest BCUT2D eigenvalue weighted by atomic mass is 10.1. The molecule has 0 bridgehead atoms. The Morgan fingerprint density at radius 3 is 2.38 bits per heavy atom. The highest BCUT2D eigenvalue weighted by molar-refractivity contribution is 7.99. The lowest BCUT2D eigenvalue weighted by molar-refractivity contribution is -0.140. The quantitative estimate of drug-likeness (QED) is 0.103. The summed E-state index contributed by atoms with van der Waals surface area (Å²) in [5, 5.41) is 0. The molecule has 0 atom stereocenters. The van der Waals surface area contributed by atoms with Gasteiger partial charge in [0.15, 0.2) is 6.79 Å². The van der Waals surface area contributed by atoms with Crippen molar-refractivity contribution in [1.82, 2.24) is 0 Å². The molecular formula is C25H36O3S. The van der Waals surface area contributed by atoms with Crippen LogP contribution in [-0.4, -0.2) is 25.6 Å². The minimum Gasteiger partial charge on any atom is -0.441 e. The smallest absolute Gasteiger partial charge is 0.295 e. The number of rotatable bonds is 15. The summed E-state index contributed by atoms with van der Waals surface area (Å²) < 4.78 is 9.84. The normalized spacial score (nSPS) is 12.0. The second kappa shape index (κ2) is 16.1. The van der Waals surface area contributed by atoms with E-state index >= 15 is 0 Å². The molecule has 0 aliphatic rings. The van der Waals surface area contributed by atoms with Gasteiger partial charge in [-0.1, -0.05) is 53.1 Å². The Balaban J connectivity index is 2.36. The third-order valence-electron chi connectivity index (χ3n) is 4.50. The molecule has 0 spiro atoms. The Labute approximate surface area is 181 Å². The van der Waals surface area contributed by atoms with Gasteiger partial charge in [-0.2, -0.15) is 0 Å². The summed E-state index contributed by atoms with van der Waals surface area (Å²) in [7, 11) is 0. The zero-order chi connectivity index (χ0) is 21.3. The van der Waals surface area contributed by atoms with Gasteiger partial charge in [0.25, 0.3) is 6.47 Å². The average Bonchev–Trinajstić information content (AvgIpc) is 2.68. The summed E-state index contributed by atoms with van der Waals surface area (Å²) in [6, 6.07) is 8.41. The first kappa shape index (κ1) is 25.3. The molecule has 1 rings (SSSR count). The molecular weight excluding hydrogens is 380 g/mol. The van der Waals surface area contributed by atoms with Crippen molar-refractivity contribution in [2.24, 2.45) is 0 Å². The molecule has 0 aliphatic carbocycles. The molecule has 0 unspecified atom stereocenters. The summed E-state index contributed by atoms with van der Waals surface area (Å²) in [5.74, 6) is 0.973. The van der Waals surface area contributed by atoms with E-state index in [1.54, 1.807) is 0 Å². The van der Waals surface area contributed by atoms with Crippen LogP contribution in [0.5, 0.6) is 0 Å². The van der Waals surface area contributed by atoms with E-state index in [0.717, 1.165) is 37.9 Å². The fourth-order valence-corrected chi connectivity index (χ4v) is 3.86. The van der Waals surface area contributed by atoms with Gasteiger partial charge in [0.05, 0.1) is 6.61 Å². The van der Waals surface area contributed by atoms with Crippen molar-refractivity contribution < 1.29 is 14.3 Å². The average molecular weight is 417 g/mol. The Morgan fingerprint density at radius 1 is 0.966 bits per heavy atom. The van der Waals surface area contributed by atoms with Crippen LogP contribution in [0.3, 0.4) is 0 Å². The zero-order valence-electron chi connectivity index (χ0n) is 18.4. The molecule has 0 aromatic heterocycles. The van der Waals surface area contributed by atoms with Crippen molar-refractivity contribution in [3.63, 3.8) is 0 Å². The van der Waals surface area contributed by atoms with Crippen LogP contribution in [-0.2, 0) is 20.7 Å². The number of hydrogen-bond acceptors (Lipinski definition) is 4. The fourth-order valence-electron chi connectivity index (χ4n) is 2.78. The number of benzene rings is 1. The molecule has 0 N–H and O–H groups in total. The Morgan fingerprint density at radius 2 is 1.66 bits per heavy atom.